The van der Waals surface area contributed by atoms with E-state index in [0.29, 0.717) is 11.6 Å². The van der Waals surface area contributed by atoms with Crippen molar-refractivity contribution in [1.29, 1.82) is 0 Å². The first kappa shape index (κ1) is 11.0. The molecule has 4 heteroatoms. The molecule has 0 aromatic heterocycles. The second-order valence-corrected chi connectivity index (χ2v) is 4.10. The van der Waals surface area contributed by atoms with E-state index in [0.717, 1.165) is 30.9 Å². The molecule has 2 rings (SSSR count). The number of rotatable bonds is 3. The first-order valence-electron chi connectivity index (χ1n) is 5.41. The van der Waals surface area contributed by atoms with E-state index in [9.17, 15) is 4.79 Å². The van der Waals surface area contributed by atoms with Gasteiger partial charge in [0.2, 0.25) is 5.91 Å². The van der Waals surface area contributed by atoms with Gasteiger partial charge in [-0.3, -0.25) is 4.79 Å². The third kappa shape index (κ3) is 2.33. The summed E-state index contributed by atoms with van der Waals surface area (Å²) >= 11 is 0. The minimum atomic E-state index is -0.385. The normalized spacial score (nSPS) is 19.7. The molecule has 1 unspecified atom stereocenters. The average molecular weight is 220 g/mol. The number of hydrogen-bond acceptors (Lipinski definition) is 3. The van der Waals surface area contributed by atoms with Crippen LogP contribution in [0.4, 0.5) is 5.69 Å². The Hall–Kier alpha value is -1.55. The topological polar surface area (TPSA) is 64.3 Å². The van der Waals surface area contributed by atoms with E-state index in [2.05, 4.69) is 5.32 Å². The van der Waals surface area contributed by atoms with Crippen molar-refractivity contribution in [2.75, 3.05) is 18.5 Å². The summed E-state index contributed by atoms with van der Waals surface area (Å²) < 4.78 is 5.28. The zero-order chi connectivity index (χ0) is 11.5. The average Bonchev–Trinajstić information content (AvgIpc) is 2.73. The standard InChI is InChI=1S/C12H16N2O2/c1-8-2-3-9(6-11(8)12(13)15)14-10-4-5-16-7-10/h2-3,6,10,14H,4-5,7H2,1H3,(H2,13,15). The van der Waals surface area contributed by atoms with Crippen molar-refractivity contribution in [3.63, 3.8) is 0 Å². The number of benzene rings is 1. The summed E-state index contributed by atoms with van der Waals surface area (Å²) in [6, 6.07) is 6.00. The third-order valence-corrected chi connectivity index (χ3v) is 2.80. The second-order valence-electron chi connectivity index (χ2n) is 4.10. The third-order valence-electron chi connectivity index (χ3n) is 2.80. The van der Waals surface area contributed by atoms with Crippen molar-refractivity contribution in [2.24, 2.45) is 5.73 Å². The number of carbonyl (C=O) groups excluding carboxylic acids is 1. The summed E-state index contributed by atoms with van der Waals surface area (Å²) in [5.74, 6) is -0.385. The molecule has 4 nitrogen and oxygen atoms in total. The minimum Gasteiger partial charge on any atom is -0.380 e. The van der Waals surface area contributed by atoms with E-state index >= 15 is 0 Å². The Morgan fingerprint density at radius 2 is 2.38 bits per heavy atom. The Balaban J connectivity index is 2.15. The lowest BCUT2D eigenvalue weighted by Crippen LogP contribution is -2.20. The van der Waals surface area contributed by atoms with Crippen molar-refractivity contribution in [2.45, 2.75) is 19.4 Å². The number of aryl methyl sites for hydroxylation is 1. The van der Waals surface area contributed by atoms with Crippen molar-refractivity contribution in [1.82, 2.24) is 0 Å². The Bertz CT molecular complexity index is 398. The van der Waals surface area contributed by atoms with Crippen molar-refractivity contribution in [3.05, 3.63) is 29.3 Å². The first-order valence-corrected chi connectivity index (χ1v) is 5.41. The molecule has 0 bridgehead atoms. The van der Waals surface area contributed by atoms with E-state index < -0.39 is 0 Å². The van der Waals surface area contributed by atoms with Crippen molar-refractivity contribution >= 4 is 11.6 Å². The van der Waals surface area contributed by atoms with Crippen LogP contribution in [-0.4, -0.2) is 25.2 Å². The van der Waals surface area contributed by atoms with Crippen LogP contribution in [0.3, 0.4) is 0 Å². The summed E-state index contributed by atoms with van der Waals surface area (Å²) in [5, 5.41) is 3.33. The fourth-order valence-electron chi connectivity index (χ4n) is 1.86. The molecule has 1 atom stereocenters. The molecule has 1 heterocycles. The van der Waals surface area contributed by atoms with E-state index in [1.807, 2.05) is 19.1 Å². The maximum atomic E-state index is 11.2. The summed E-state index contributed by atoms with van der Waals surface area (Å²) in [5.41, 5.74) is 7.70. The number of hydrogen-bond donors (Lipinski definition) is 2. The van der Waals surface area contributed by atoms with Crippen LogP contribution in [0.25, 0.3) is 0 Å². The highest BCUT2D eigenvalue weighted by Gasteiger charge is 2.15. The molecular weight excluding hydrogens is 204 g/mol. The number of primary amides is 1. The van der Waals surface area contributed by atoms with Gasteiger partial charge in [-0.1, -0.05) is 6.07 Å². The van der Waals surface area contributed by atoms with Gasteiger partial charge in [0.15, 0.2) is 0 Å². The Morgan fingerprint density at radius 1 is 1.56 bits per heavy atom. The van der Waals surface area contributed by atoms with Crippen LogP contribution < -0.4 is 11.1 Å². The summed E-state index contributed by atoms with van der Waals surface area (Å²) in [6.07, 6.45) is 1.000. The maximum absolute atomic E-state index is 11.2. The predicted octanol–water partition coefficient (Wildman–Crippen LogP) is 1.29. The molecule has 86 valence electrons. The molecule has 0 spiro atoms. The smallest absolute Gasteiger partial charge is 0.249 e. The lowest BCUT2D eigenvalue weighted by Gasteiger charge is -2.13. The molecule has 1 aliphatic rings. The van der Waals surface area contributed by atoms with Gasteiger partial charge in [0, 0.05) is 17.9 Å². The van der Waals surface area contributed by atoms with Gasteiger partial charge in [0.25, 0.3) is 0 Å². The van der Waals surface area contributed by atoms with Crippen LogP contribution in [-0.2, 0) is 4.74 Å². The van der Waals surface area contributed by atoms with Gasteiger partial charge in [0.1, 0.15) is 0 Å². The summed E-state index contributed by atoms with van der Waals surface area (Å²) in [4.78, 5) is 11.2. The van der Waals surface area contributed by atoms with Gasteiger partial charge in [0.05, 0.1) is 12.6 Å². The fraction of sp³-hybridized carbons (Fsp3) is 0.417. The SMILES string of the molecule is Cc1ccc(NC2CCOC2)cc1C(N)=O. The number of ether oxygens (including phenoxy) is 1. The Morgan fingerprint density at radius 3 is 3.00 bits per heavy atom. The zero-order valence-corrected chi connectivity index (χ0v) is 9.32. The molecule has 3 N–H and O–H groups in total. The fourth-order valence-corrected chi connectivity index (χ4v) is 1.86. The minimum absolute atomic E-state index is 0.337. The van der Waals surface area contributed by atoms with Crippen LogP contribution in [0.1, 0.15) is 22.3 Å². The highest BCUT2D eigenvalue weighted by atomic mass is 16.5. The largest absolute Gasteiger partial charge is 0.380 e. The van der Waals surface area contributed by atoms with Gasteiger partial charge in [-0.25, -0.2) is 0 Å². The van der Waals surface area contributed by atoms with Gasteiger partial charge in [-0.2, -0.15) is 0 Å². The van der Waals surface area contributed by atoms with Crippen LogP contribution in [0.15, 0.2) is 18.2 Å². The highest BCUT2D eigenvalue weighted by Crippen LogP contribution is 2.18. The molecular formula is C12H16N2O2. The number of anilines is 1. The lowest BCUT2D eigenvalue weighted by atomic mass is 10.1. The quantitative estimate of drug-likeness (QED) is 0.806. The molecule has 0 aliphatic carbocycles. The van der Waals surface area contributed by atoms with Crippen molar-refractivity contribution < 1.29 is 9.53 Å². The first-order chi connectivity index (χ1) is 7.66. The van der Waals surface area contributed by atoms with E-state index in [1.165, 1.54) is 0 Å². The van der Waals surface area contributed by atoms with Crippen LogP contribution in [0.5, 0.6) is 0 Å². The van der Waals surface area contributed by atoms with Crippen LogP contribution >= 0.6 is 0 Å². The van der Waals surface area contributed by atoms with Crippen molar-refractivity contribution in [3.8, 4) is 0 Å². The van der Waals surface area contributed by atoms with Crippen LogP contribution in [0, 0.1) is 6.92 Å². The number of amides is 1. The van der Waals surface area contributed by atoms with E-state index in [-0.39, 0.29) is 5.91 Å². The maximum Gasteiger partial charge on any atom is 0.249 e. The zero-order valence-electron chi connectivity index (χ0n) is 9.32. The molecule has 16 heavy (non-hydrogen) atoms. The van der Waals surface area contributed by atoms with Crippen LogP contribution in [0.2, 0.25) is 0 Å². The highest BCUT2D eigenvalue weighted by molar-refractivity contribution is 5.95. The summed E-state index contributed by atoms with van der Waals surface area (Å²) in [7, 11) is 0. The number of nitrogens with one attached hydrogen (secondary N) is 1. The molecule has 1 amide bonds. The predicted molar refractivity (Wildman–Crippen MR) is 62.5 cm³/mol. The Kier molecular flexibility index (Phi) is 3.10. The molecule has 1 fully saturated rings. The van der Waals surface area contributed by atoms with E-state index in [1.54, 1.807) is 6.07 Å². The van der Waals surface area contributed by atoms with Gasteiger partial charge in [-0.05, 0) is 31.0 Å². The number of carbonyl (C=O) groups is 1. The monoisotopic (exact) mass is 220 g/mol. The molecule has 1 aromatic rings. The molecule has 0 radical (unpaired) electrons. The van der Waals surface area contributed by atoms with E-state index in [4.69, 9.17) is 10.5 Å². The Labute approximate surface area is 94.8 Å². The molecule has 1 aliphatic heterocycles. The number of nitrogens with two attached hydrogens (primary N) is 1. The van der Waals surface area contributed by atoms with Gasteiger partial charge in [-0.15, -0.1) is 0 Å². The lowest BCUT2D eigenvalue weighted by molar-refractivity contribution is 0.1000. The second kappa shape index (κ2) is 4.53. The van der Waals surface area contributed by atoms with Gasteiger partial charge < -0.3 is 15.8 Å². The molecule has 1 saturated heterocycles. The summed E-state index contributed by atoms with van der Waals surface area (Å²) in [6.45, 7) is 3.40. The molecule has 1 aromatic carbocycles. The molecule has 0 saturated carbocycles. The van der Waals surface area contributed by atoms with Gasteiger partial charge >= 0.3 is 0 Å².